The highest BCUT2D eigenvalue weighted by Gasteiger charge is 2.46. The van der Waals surface area contributed by atoms with Crippen molar-refractivity contribution in [3.63, 3.8) is 0 Å². The summed E-state index contributed by atoms with van der Waals surface area (Å²) < 4.78 is 5.92. The second kappa shape index (κ2) is 11.9. The molecule has 1 aromatic carbocycles. The molecular weight excluding hydrogens is 522 g/mol. The van der Waals surface area contributed by atoms with E-state index in [-0.39, 0.29) is 30.3 Å². The molecule has 0 bridgehead atoms. The largest absolute Gasteiger partial charge is 0.440 e. The number of hydrogen-bond acceptors (Lipinski definition) is 8. The molecule has 4 fully saturated rings. The van der Waals surface area contributed by atoms with Crippen LogP contribution in [0, 0.1) is 5.92 Å². The van der Waals surface area contributed by atoms with Gasteiger partial charge in [0.2, 0.25) is 0 Å². The number of nitrogens with zero attached hydrogens (tertiary/aromatic N) is 4. The Bertz CT molecular complexity index is 1320. The number of carbonyl (C=O) groups is 4. The molecule has 2 aliphatic carbocycles. The Labute approximate surface area is 240 Å². The van der Waals surface area contributed by atoms with Crippen molar-refractivity contribution in [2.24, 2.45) is 11.8 Å². The van der Waals surface area contributed by atoms with Crippen LogP contribution in [0.5, 0.6) is 0 Å². The van der Waals surface area contributed by atoms with Crippen molar-refractivity contribution in [2.45, 2.75) is 95.0 Å². The van der Waals surface area contributed by atoms with Crippen LogP contribution in [0.15, 0.2) is 36.4 Å². The second-order valence-electron chi connectivity index (χ2n) is 12.0. The molecule has 2 atom stereocenters. The van der Waals surface area contributed by atoms with Gasteiger partial charge in [0.05, 0.1) is 12.1 Å². The van der Waals surface area contributed by atoms with Gasteiger partial charge < -0.3 is 4.74 Å². The first kappa shape index (κ1) is 27.8. The zero-order valence-corrected chi connectivity index (χ0v) is 23.5. The fraction of sp³-hybridized carbons (Fsp3) is 0.581. The molecule has 2 unspecified atom stereocenters. The van der Waals surface area contributed by atoms with Crippen LogP contribution in [0.3, 0.4) is 0 Å². The number of fused-ring (bicyclic) bond motifs is 2. The highest BCUT2D eigenvalue weighted by atomic mass is 16.6. The Kier molecular flexibility index (Phi) is 8.03. The van der Waals surface area contributed by atoms with E-state index in [1.165, 1.54) is 4.90 Å². The monoisotopic (exact) mass is 561 g/mol. The van der Waals surface area contributed by atoms with E-state index in [4.69, 9.17) is 10.6 Å². The molecule has 4 aliphatic rings. The van der Waals surface area contributed by atoms with Crippen LogP contribution < -0.4 is 5.84 Å². The maximum atomic E-state index is 13.8. The maximum absolute atomic E-state index is 13.8. The average Bonchev–Trinajstić information content (AvgIpc) is 3.48. The number of hydrazine groups is 1. The van der Waals surface area contributed by atoms with Crippen molar-refractivity contribution in [1.29, 1.82) is 0 Å². The summed E-state index contributed by atoms with van der Waals surface area (Å²) in [7, 11) is 0. The third-order valence-electron chi connectivity index (χ3n) is 9.49. The summed E-state index contributed by atoms with van der Waals surface area (Å²) in [6.45, 7) is 0.276. The van der Waals surface area contributed by atoms with Crippen molar-refractivity contribution >= 4 is 34.5 Å². The van der Waals surface area contributed by atoms with Crippen molar-refractivity contribution in [3.8, 4) is 0 Å². The number of para-hydroxylation sites is 1. The number of esters is 1. The molecule has 2 saturated carbocycles. The number of rotatable bonds is 5. The van der Waals surface area contributed by atoms with Crippen molar-refractivity contribution in [3.05, 3.63) is 42.1 Å². The maximum Gasteiger partial charge on any atom is 0.327 e. The van der Waals surface area contributed by atoms with Gasteiger partial charge in [-0.15, -0.1) is 0 Å². The van der Waals surface area contributed by atoms with E-state index in [0.717, 1.165) is 60.9 Å². The van der Waals surface area contributed by atoms with Crippen molar-refractivity contribution in [1.82, 2.24) is 19.8 Å². The lowest BCUT2D eigenvalue weighted by Crippen LogP contribution is -2.60. The second-order valence-corrected chi connectivity index (χ2v) is 12.0. The fourth-order valence-corrected chi connectivity index (χ4v) is 7.34. The minimum Gasteiger partial charge on any atom is -0.440 e. The molecule has 2 saturated heterocycles. The minimum atomic E-state index is -0.805. The van der Waals surface area contributed by atoms with Gasteiger partial charge in [-0.25, -0.2) is 10.8 Å². The Morgan fingerprint density at radius 3 is 2.37 bits per heavy atom. The van der Waals surface area contributed by atoms with Crippen molar-refractivity contribution in [2.75, 3.05) is 13.1 Å². The molecule has 0 spiro atoms. The van der Waals surface area contributed by atoms with Gasteiger partial charge in [0.1, 0.15) is 11.7 Å². The number of aromatic nitrogens is 1. The summed E-state index contributed by atoms with van der Waals surface area (Å²) in [5.41, 5.74) is 1.31. The lowest BCUT2D eigenvalue weighted by atomic mass is 9.80. The highest BCUT2D eigenvalue weighted by Crippen LogP contribution is 2.36. The Morgan fingerprint density at radius 2 is 1.59 bits per heavy atom. The van der Waals surface area contributed by atoms with Crippen LogP contribution in [-0.2, 0) is 19.1 Å². The van der Waals surface area contributed by atoms with E-state index in [2.05, 4.69) is 9.88 Å². The normalized spacial score (nSPS) is 28.3. The molecule has 3 heterocycles. The smallest absolute Gasteiger partial charge is 0.327 e. The summed E-state index contributed by atoms with van der Waals surface area (Å²) in [6.07, 6.45) is 8.56. The molecule has 2 aliphatic heterocycles. The van der Waals surface area contributed by atoms with Crippen molar-refractivity contribution < 1.29 is 23.9 Å². The van der Waals surface area contributed by atoms with Gasteiger partial charge in [0.15, 0.2) is 12.0 Å². The number of Topliss-reactive ketones (excluding diaryl/α,β-unsaturated/α-hetero) is 1. The quantitative estimate of drug-likeness (QED) is 0.194. The fourth-order valence-electron chi connectivity index (χ4n) is 7.34. The van der Waals surface area contributed by atoms with Crippen LogP contribution in [0.1, 0.15) is 81.1 Å². The minimum absolute atomic E-state index is 0.0453. The van der Waals surface area contributed by atoms with E-state index in [1.807, 2.05) is 36.4 Å². The number of benzene rings is 1. The van der Waals surface area contributed by atoms with Gasteiger partial charge in [-0.3, -0.25) is 34.0 Å². The van der Waals surface area contributed by atoms with E-state index < -0.39 is 30.1 Å². The number of ketones is 1. The molecule has 2 amide bonds. The van der Waals surface area contributed by atoms with Gasteiger partial charge in [0.25, 0.3) is 0 Å². The summed E-state index contributed by atoms with van der Waals surface area (Å²) in [6, 6.07) is 11.0. The number of nitrogens with two attached hydrogens (primary N) is 1. The average molecular weight is 562 g/mol. The van der Waals surface area contributed by atoms with Gasteiger partial charge in [-0.05, 0) is 57.1 Å². The number of hydrogen-bond donors (Lipinski definition) is 1. The Hall–Kier alpha value is -3.37. The molecule has 41 heavy (non-hydrogen) atoms. The predicted octanol–water partition coefficient (Wildman–Crippen LogP) is 3.19. The zero-order chi connectivity index (χ0) is 28.5. The number of pyridine rings is 1. The third kappa shape index (κ3) is 5.59. The van der Waals surface area contributed by atoms with Crippen LogP contribution in [0.2, 0.25) is 0 Å². The summed E-state index contributed by atoms with van der Waals surface area (Å²) in [5.74, 6) is 4.15. The van der Waals surface area contributed by atoms with Gasteiger partial charge in [0, 0.05) is 36.4 Å². The van der Waals surface area contributed by atoms with Gasteiger partial charge in [-0.2, -0.15) is 0 Å². The van der Waals surface area contributed by atoms with Crippen LogP contribution >= 0.6 is 0 Å². The molecule has 10 nitrogen and oxygen atoms in total. The van der Waals surface area contributed by atoms with Gasteiger partial charge in [-0.1, -0.05) is 43.5 Å². The Balaban J connectivity index is 1.22. The molecule has 218 valence electrons. The molecule has 6 rings (SSSR count). The lowest BCUT2D eigenvalue weighted by molar-refractivity contribution is -0.168. The molecule has 2 N–H and O–H groups in total. The first-order valence-electron chi connectivity index (χ1n) is 15.2. The first-order chi connectivity index (χ1) is 19.9. The van der Waals surface area contributed by atoms with E-state index >= 15 is 0 Å². The zero-order valence-electron chi connectivity index (χ0n) is 23.5. The van der Waals surface area contributed by atoms with Crippen LogP contribution in [-0.4, -0.2) is 80.8 Å². The van der Waals surface area contributed by atoms with E-state index in [1.54, 1.807) is 0 Å². The number of amides is 2. The molecule has 0 radical (unpaired) electrons. The molecular formula is C31H39N5O5. The topological polar surface area (TPSA) is 126 Å². The number of carbonyl (C=O) groups excluding carboxylic acids is 4. The van der Waals surface area contributed by atoms with Gasteiger partial charge >= 0.3 is 17.8 Å². The molecule has 2 aromatic rings. The summed E-state index contributed by atoms with van der Waals surface area (Å²) >= 11 is 0. The summed E-state index contributed by atoms with van der Waals surface area (Å²) in [4.78, 5) is 61.2. The van der Waals surface area contributed by atoms with Crippen LogP contribution in [0.4, 0.5) is 0 Å². The summed E-state index contributed by atoms with van der Waals surface area (Å²) in [5, 5.41) is 1.92. The lowest BCUT2D eigenvalue weighted by Gasteiger charge is -2.46. The Morgan fingerprint density at radius 1 is 0.854 bits per heavy atom. The highest BCUT2D eigenvalue weighted by molar-refractivity contribution is 6.34. The van der Waals surface area contributed by atoms with Crippen LogP contribution in [0.25, 0.3) is 10.9 Å². The van der Waals surface area contributed by atoms with E-state index in [9.17, 15) is 19.2 Å². The van der Waals surface area contributed by atoms with E-state index in [0.29, 0.717) is 37.9 Å². The molecule has 10 heteroatoms. The first-order valence-corrected chi connectivity index (χ1v) is 15.2. The SMILES string of the molecule is NN1CC(N(C2CCCCC2)C2CCC(C(=O)c3ccc4ccccc4n3)CC2)C(=O)OC2CCCN2C(=O)C1=O. The predicted molar refractivity (Wildman–Crippen MR) is 151 cm³/mol. The standard InChI is InChI=1S/C31H39N5O5/c32-35-19-26(31(40)41-27-11-6-18-34(27)29(38)30(35)39)36(22-8-2-1-3-9-22)23-15-12-21(13-16-23)28(37)25-17-14-20-7-4-5-10-24(20)33-25/h4-5,7,10,14,17,21-23,26-27H,1-3,6,8-9,11-13,15-16,18-19,32H2. The number of ether oxygens (including phenoxy) is 1. The third-order valence-corrected chi connectivity index (χ3v) is 9.49. The molecule has 1 aromatic heterocycles.